The Labute approximate surface area is 187 Å². The maximum Gasteiger partial charge on any atom is 0.253 e. The Hall–Kier alpha value is -1.79. The molecule has 1 N–H and O–H groups in total. The van der Waals surface area contributed by atoms with Crippen molar-refractivity contribution in [3.05, 3.63) is 33.8 Å². The van der Waals surface area contributed by atoms with Gasteiger partial charge in [0, 0.05) is 44.7 Å². The first-order chi connectivity index (χ1) is 14.3. The number of hydrogen-bond acceptors (Lipinski definition) is 3. The van der Waals surface area contributed by atoms with Gasteiger partial charge in [0.15, 0.2) is 0 Å². The fraction of sp³-hybridized carbons (Fsp3) is 0.591. The van der Waals surface area contributed by atoms with Crippen LogP contribution >= 0.6 is 23.2 Å². The molecule has 164 valence electrons. The lowest BCUT2D eigenvalue weighted by Crippen LogP contribution is -2.46. The maximum absolute atomic E-state index is 12.8. The van der Waals surface area contributed by atoms with Gasteiger partial charge in [-0.25, -0.2) is 0 Å². The third kappa shape index (κ3) is 5.88. The molecule has 2 aliphatic heterocycles. The minimum Gasteiger partial charge on any atom is -0.355 e. The van der Waals surface area contributed by atoms with Crippen LogP contribution < -0.4 is 5.32 Å². The van der Waals surface area contributed by atoms with Crippen molar-refractivity contribution in [2.45, 2.75) is 39.0 Å². The first-order valence-electron chi connectivity index (χ1n) is 10.6. The van der Waals surface area contributed by atoms with Crippen molar-refractivity contribution in [2.24, 2.45) is 11.8 Å². The zero-order chi connectivity index (χ0) is 21.7. The van der Waals surface area contributed by atoms with Crippen molar-refractivity contribution in [3.8, 4) is 0 Å². The number of carbonyl (C=O) groups is 3. The zero-order valence-electron chi connectivity index (χ0n) is 17.3. The maximum atomic E-state index is 12.8. The number of rotatable bonds is 5. The Morgan fingerprint density at radius 3 is 2.50 bits per heavy atom. The summed E-state index contributed by atoms with van der Waals surface area (Å²) in [7, 11) is 0. The van der Waals surface area contributed by atoms with Gasteiger partial charge in [-0.05, 0) is 49.8 Å². The number of nitrogens with one attached hydrogen (secondary N) is 1. The average Bonchev–Trinajstić information content (AvgIpc) is 2.75. The van der Waals surface area contributed by atoms with Gasteiger partial charge in [0.05, 0.1) is 16.0 Å². The van der Waals surface area contributed by atoms with Gasteiger partial charge < -0.3 is 15.1 Å². The van der Waals surface area contributed by atoms with E-state index in [9.17, 15) is 14.4 Å². The molecule has 2 fully saturated rings. The van der Waals surface area contributed by atoms with Crippen molar-refractivity contribution in [1.82, 2.24) is 15.1 Å². The van der Waals surface area contributed by atoms with Gasteiger partial charge in [-0.15, -0.1) is 0 Å². The van der Waals surface area contributed by atoms with E-state index >= 15 is 0 Å². The summed E-state index contributed by atoms with van der Waals surface area (Å²) in [5.41, 5.74) is 0.465. The Balaban J connectivity index is 1.47. The Bertz CT molecular complexity index is 802. The highest BCUT2D eigenvalue weighted by Gasteiger charge is 2.29. The SMILES string of the molecule is CC1CCCN(C(=O)CCNC(=O)C2CCCN(C(=O)c3ccc(Cl)c(Cl)c3)C2)C1. The van der Waals surface area contributed by atoms with Crippen molar-refractivity contribution >= 4 is 40.9 Å². The first-order valence-corrected chi connectivity index (χ1v) is 11.4. The molecule has 0 radical (unpaired) electrons. The third-order valence-electron chi connectivity index (χ3n) is 5.89. The summed E-state index contributed by atoms with van der Waals surface area (Å²) in [5.74, 6) is 0.123. The van der Waals surface area contributed by atoms with E-state index in [0.29, 0.717) is 47.6 Å². The number of benzene rings is 1. The van der Waals surface area contributed by atoms with Gasteiger partial charge in [0.1, 0.15) is 0 Å². The molecule has 0 aliphatic carbocycles. The van der Waals surface area contributed by atoms with Crippen LogP contribution in [0, 0.1) is 11.8 Å². The van der Waals surface area contributed by atoms with Crippen LogP contribution in [-0.2, 0) is 9.59 Å². The normalized spacial score (nSPS) is 22.0. The van der Waals surface area contributed by atoms with Gasteiger partial charge in [-0.1, -0.05) is 30.1 Å². The smallest absolute Gasteiger partial charge is 0.253 e. The van der Waals surface area contributed by atoms with Gasteiger partial charge in [0.25, 0.3) is 5.91 Å². The molecule has 0 spiro atoms. The quantitative estimate of drug-likeness (QED) is 0.739. The van der Waals surface area contributed by atoms with Gasteiger partial charge >= 0.3 is 0 Å². The van der Waals surface area contributed by atoms with Crippen molar-refractivity contribution in [1.29, 1.82) is 0 Å². The summed E-state index contributed by atoms with van der Waals surface area (Å²) in [4.78, 5) is 41.3. The molecule has 2 unspecified atom stereocenters. The molecule has 8 heteroatoms. The van der Waals surface area contributed by atoms with Gasteiger partial charge in [-0.2, -0.15) is 0 Å². The lowest BCUT2D eigenvalue weighted by Gasteiger charge is -2.32. The topological polar surface area (TPSA) is 69.7 Å². The van der Waals surface area contributed by atoms with E-state index in [2.05, 4.69) is 12.2 Å². The van der Waals surface area contributed by atoms with E-state index in [1.54, 1.807) is 23.1 Å². The highest BCUT2D eigenvalue weighted by atomic mass is 35.5. The fourth-order valence-corrected chi connectivity index (χ4v) is 4.50. The van der Waals surface area contributed by atoms with E-state index in [1.165, 1.54) is 6.42 Å². The molecule has 2 saturated heterocycles. The summed E-state index contributed by atoms with van der Waals surface area (Å²) in [5, 5.41) is 3.62. The second-order valence-electron chi connectivity index (χ2n) is 8.35. The van der Waals surface area contributed by atoms with Crippen molar-refractivity contribution < 1.29 is 14.4 Å². The molecule has 6 nitrogen and oxygen atoms in total. The van der Waals surface area contributed by atoms with E-state index in [-0.39, 0.29) is 23.6 Å². The van der Waals surface area contributed by atoms with Crippen LogP contribution in [0.15, 0.2) is 18.2 Å². The largest absolute Gasteiger partial charge is 0.355 e. The number of carbonyl (C=O) groups excluding carboxylic acids is 3. The molecule has 30 heavy (non-hydrogen) atoms. The number of piperidine rings is 2. The summed E-state index contributed by atoms with van der Waals surface area (Å²) in [6.07, 6.45) is 4.02. The van der Waals surface area contributed by atoms with E-state index in [1.807, 2.05) is 4.90 Å². The van der Waals surface area contributed by atoms with Crippen LogP contribution in [0.25, 0.3) is 0 Å². The summed E-state index contributed by atoms with van der Waals surface area (Å²) < 4.78 is 0. The molecular weight excluding hydrogens is 425 g/mol. The number of hydrogen-bond donors (Lipinski definition) is 1. The lowest BCUT2D eigenvalue weighted by atomic mass is 9.96. The van der Waals surface area contributed by atoms with E-state index in [4.69, 9.17) is 23.2 Å². The summed E-state index contributed by atoms with van der Waals surface area (Å²) in [6, 6.07) is 4.81. The van der Waals surface area contributed by atoms with Crippen molar-refractivity contribution in [2.75, 3.05) is 32.7 Å². The molecule has 2 heterocycles. The Kier molecular flexibility index (Phi) is 8.00. The highest BCUT2D eigenvalue weighted by molar-refractivity contribution is 6.42. The van der Waals surface area contributed by atoms with Crippen LogP contribution in [0.2, 0.25) is 10.0 Å². The zero-order valence-corrected chi connectivity index (χ0v) is 18.8. The first kappa shape index (κ1) is 22.9. The number of amides is 3. The lowest BCUT2D eigenvalue weighted by molar-refractivity contribution is -0.133. The van der Waals surface area contributed by atoms with Crippen LogP contribution in [0.4, 0.5) is 0 Å². The molecule has 3 amide bonds. The van der Waals surface area contributed by atoms with Crippen molar-refractivity contribution in [3.63, 3.8) is 0 Å². The van der Waals surface area contributed by atoms with Gasteiger partial charge in [-0.3, -0.25) is 14.4 Å². The molecule has 0 bridgehead atoms. The fourth-order valence-electron chi connectivity index (χ4n) is 4.20. The standard InChI is InChI=1S/C22H29Cl2N3O3/c1-15-4-2-10-26(13-15)20(28)8-9-25-21(29)17-5-3-11-27(14-17)22(30)16-6-7-18(23)19(24)12-16/h6-7,12,15,17H,2-5,8-11,13-14H2,1H3,(H,25,29). The van der Waals surface area contributed by atoms with Gasteiger partial charge in [0.2, 0.25) is 11.8 Å². The van der Waals surface area contributed by atoms with Crippen LogP contribution in [0.5, 0.6) is 0 Å². The summed E-state index contributed by atoms with van der Waals surface area (Å²) in [6.45, 7) is 5.08. The van der Waals surface area contributed by atoms with Crippen LogP contribution in [0.1, 0.15) is 49.4 Å². The number of halogens is 2. The Morgan fingerprint density at radius 1 is 1.03 bits per heavy atom. The van der Waals surface area contributed by atoms with E-state index in [0.717, 1.165) is 32.4 Å². The minimum absolute atomic E-state index is 0.0959. The van der Waals surface area contributed by atoms with E-state index < -0.39 is 0 Å². The molecule has 2 atom stereocenters. The van der Waals surface area contributed by atoms with Crippen LogP contribution in [-0.4, -0.2) is 60.2 Å². The molecule has 2 aliphatic rings. The monoisotopic (exact) mass is 453 g/mol. The predicted molar refractivity (Wildman–Crippen MR) is 118 cm³/mol. The highest BCUT2D eigenvalue weighted by Crippen LogP contribution is 2.25. The third-order valence-corrected chi connectivity index (χ3v) is 6.63. The predicted octanol–water partition coefficient (Wildman–Crippen LogP) is 3.61. The molecule has 1 aromatic carbocycles. The minimum atomic E-state index is -0.268. The molecule has 1 aromatic rings. The van der Waals surface area contributed by atoms with Crippen LogP contribution in [0.3, 0.4) is 0 Å². The number of nitrogens with zero attached hydrogens (tertiary/aromatic N) is 2. The Morgan fingerprint density at radius 2 is 1.77 bits per heavy atom. The number of likely N-dealkylation sites (tertiary alicyclic amines) is 2. The second kappa shape index (κ2) is 10.5. The molecule has 0 saturated carbocycles. The molecule has 3 rings (SSSR count). The summed E-state index contributed by atoms with van der Waals surface area (Å²) >= 11 is 12.0. The molecule has 0 aromatic heterocycles. The molecular formula is C22H29Cl2N3O3. The average molecular weight is 454 g/mol. The second-order valence-corrected chi connectivity index (χ2v) is 9.16.